The van der Waals surface area contributed by atoms with E-state index in [1.807, 2.05) is 0 Å². The van der Waals surface area contributed by atoms with E-state index in [2.05, 4.69) is 62.2 Å². The van der Waals surface area contributed by atoms with Gasteiger partial charge in [0.25, 0.3) is 0 Å². The summed E-state index contributed by atoms with van der Waals surface area (Å²) in [6.45, 7) is 10.4. The van der Waals surface area contributed by atoms with Gasteiger partial charge in [0, 0.05) is 21.5 Å². The second kappa shape index (κ2) is 7.33. The Balaban J connectivity index is 2.06. The minimum atomic E-state index is 0.429. The molecule has 114 valence electrons. The number of hydrogen-bond acceptors (Lipinski definition) is 3. The molecule has 2 heterocycles. The van der Waals surface area contributed by atoms with Crippen LogP contribution in [0.4, 0.5) is 0 Å². The summed E-state index contributed by atoms with van der Waals surface area (Å²) < 4.78 is 0. The Bertz CT molecular complexity index is 394. The fraction of sp³-hybridized carbons (Fsp3) is 0.765. The molecule has 1 aliphatic rings. The molecule has 1 aromatic heterocycles. The molecule has 0 spiro atoms. The SMILES string of the molecule is CCCNC(CCC(C)(C)C)c1cc2c(s1)CCSC2. The van der Waals surface area contributed by atoms with E-state index in [-0.39, 0.29) is 0 Å². The maximum Gasteiger partial charge on any atom is 0.0415 e. The summed E-state index contributed by atoms with van der Waals surface area (Å²) in [6.07, 6.45) is 5.04. The van der Waals surface area contributed by atoms with Crippen LogP contribution in [-0.2, 0) is 12.2 Å². The van der Waals surface area contributed by atoms with Gasteiger partial charge in [0.1, 0.15) is 0 Å². The summed E-state index contributed by atoms with van der Waals surface area (Å²) >= 11 is 4.15. The minimum absolute atomic E-state index is 0.429. The molecule has 0 amide bonds. The summed E-state index contributed by atoms with van der Waals surface area (Å²) in [6, 6.07) is 3.05. The number of rotatable bonds is 6. The van der Waals surface area contributed by atoms with Crippen molar-refractivity contribution < 1.29 is 0 Å². The lowest BCUT2D eigenvalue weighted by Gasteiger charge is -2.23. The Morgan fingerprint density at radius 3 is 2.80 bits per heavy atom. The molecule has 0 aliphatic carbocycles. The lowest BCUT2D eigenvalue weighted by molar-refractivity contribution is 0.333. The third-order valence-electron chi connectivity index (χ3n) is 3.81. The maximum atomic E-state index is 3.77. The number of nitrogens with one attached hydrogen (secondary N) is 1. The topological polar surface area (TPSA) is 12.0 Å². The quantitative estimate of drug-likeness (QED) is 0.754. The summed E-state index contributed by atoms with van der Waals surface area (Å²) in [4.78, 5) is 3.23. The van der Waals surface area contributed by atoms with Crippen LogP contribution in [0.2, 0.25) is 0 Å². The molecular formula is C17H29NS2. The average molecular weight is 312 g/mol. The average Bonchev–Trinajstić information content (AvgIpc) is 2.81. The number of aryl methyl sites for hydroxylation is 1. The lowest BCUT2D eigenvalue weighted by Crippen LogP contribution is -2.23. The van der Waals surface area contributed by atoms with Crippen molar-refractivity contribution in [1.82, 2.24) is 5.32 Å². The van der Waals surface area contributed by atoms with E-state index in [0.29, 0.717) is 11.5 Å². The van der Waals surface area contributed by atoms with E-state index in [4.69, 9.17) is 0 Å². The molecule has 20 heavy (non-hydrogen) atoms. The van der Waals surface area contributed by atoms with Gasteiger partial charge in [-0.25, -0.2) is 0 Å². The maximum absolute atomic E-state index is 3.77. The highest BCUT2D eigenvalue weighted by Crippen LogP contribution is 2.37. The van der Waals surface area contributed by atoms with Gasteiger partial charge in [0.15, 0.2) is 0 Å². The van der Waals surface area contributed by atoms with Crippen LogP contribution >= 0.6 is 23.1 Å². The van der Waals surface area contributed by atoms with Crippen molar-refractivity contribution in [2.24, 2.45) is 5.41 Å². The second-order valence-electron chi connectivity index (χ2n) is 7.01. The van der Waals surface area contributed by atoms with E-state index in [9.17, 15) is 0 Å². The van der Waals surface area contributed by atoms with Crippen molar-refractivity contribution >= 4 is 23.1 Å². The molecule has 1 aromatic rings. The molecule has 1 atom stereocenters. The third kappa shape index (κ3) is 4.78. The van der Waals surface area contributed by atoms with Crippen LogP contribution in [0.25, 0.3) is 0 Å². The van der Waals surface area contributed by atoms with Crippen molar-refractivity contribution in [3.63, 3.8) is 0 Å². The Morgan fingerprint density at radius 1 is 1.35 bits per heavy atom. The molecule has 3 heteroatoms. The molecule has 2 rings (SSSR count). The van der Waals surface area contributed by atoms with Gasteiger partial charge in [-0.2, -0.15) is 11.8 Å². The standard InChI is InChI=1S/C17H29NS2/c1-5-9-18-14(6-8-17(2,3)4)16-11-13-12-19-10-7-15(13)20-16/h11,14,18H,5-10,12H2,1-4H3. The molecule has 0 saturated carbocycles. The van der Waals surface area contributed by atoms with E-state index >= 15 is 0 Å². The van der Waals surface area contributed by atoms with Crippen molar-refractivity contribution in [2.45, 2.75) is 65.2 Å². The van der Waals surface area contributed by atoms with Crippen LogP contribution in [0.5, 0.6) is 0 Å². The zero-order chi connectivity index (χ0) is 14.6. The van der Waals surface area contributed by atoms with Crippen LogP contribution < -0.4 is 5.32 Å². The molecule has 1 N–H and O–H groups in total. The van der Waals surface area contributed by atoms with Gasteiger partial charge >= 0.3 is 0 Å². The monoisotopic (exact) mass is 311 g/mol. The first-order valence-corrected chi connectivity index (χ1v) is 9.89. The Labute approximate surface area is 132 Å². The van der Waals surface area contributed by atoms with Gasteiger partial charge in [0.05, 0.1) is 0 Å². The highest BCUT2D eigenvalue weighted by Gasteiger charge is 2.21. The molecule has 0 aromatic carbocycles. The van der Waals surface area contributed by atoms with Crippen LogP contribution in [-0.4, -0.2) is 12.3 Å². The van der Waals surface area contributed by atoms with Gasteiger partial charge in [-0.05, 0) is 55.0 Å². The van der Waals surface area contributed by atoms with Crippen LogP contribution in [0.15, 0.2) is 6.07 Å². The lowest BCUT2D eigenvalue weighted by atomic mass is 9.88. The van der Waals surface area contributed by atoms with Crippen LogP contribution in [0.3, 0.4) is 0 Å². The zero-order valence-electron chi connectivity index (χ0n) is 13.4. The van der Waals surface area contributed by atoms with E-state index in [1.54, 1.807) is 15.3 Å². The fourth-order valence-electron chi connectivity index (χ4n) is 2.58. The molecular weight excluding hydrogens is 282 g/mol. The highest BCUT2D eigenvalue weighted by molar-refractivity contribution is 7.98. The number of thiophene rings is 1. The normalized spacial score (nSPS) is 17.0. The van der Waals surface area contributed by atoms with Crippen molar-refractivity contribution in [2.75, 3.05) is 12.3 Å². The molecule has 0 radical (unpaired) electrons. The van der Waals surface area contributed by atoms with Crippen LogP contribution in [0, 0.1) is 5.41 Å². The molecule has 1 nitrogen and oxygen atoms in total. The van der Waals surface area contributed by atoms with Gasteiger partial charge in [-0.3, -0.25) is 0 Å². The van der Waals surface area contributed by atoms with Gasteiger partial charge < -0.3 is 5.32 Å². The van der Waals surface area contributed by atoms with E-state index < -0.39 is 0 Å². The predicted molar refractivity (Wildman–Crippen MR) is 93.9 cm³/mol. The third-order valence-corrected chi connectivity index (χ3v) is 6.17. The number of fused-ring (bicyclic) bond motifs is 1. The zero-order valence-corrected chi connectivity index (χ0v) is 15.1. The summed E-state index contributed by atoms with van der Waals surface area (Å²) in [5.74, 6) is 2.54. The fourth-order valence-corrected chi connectivity index (χ4v) is 5.07. The van der Waals surface area contributed by atoms with E-state index in [1.165, 1.54) is 37.2 Å². The first kappa shape index (κ1) is 16.4. The van der Waals surface area contributed by atoms with Crippen molar-refractivity contribution in [3.8, 4) is 0 Å². The van der Waals surface area contributed by atoms with Gasteiger partial charge in [-0.1, -0.05) is 27.7 Å². The molecule has 1 aliphatic heterocycles. The first-order valence-electron chi connectivity index (χ1n) is 7.92. The van der Waals surface area contributed by atoms with Crippen LogP contribution in [0.1, 0.15) is 68.3 Å². The highest BCUT2D eigenvalue weighted by atomic mass is 32.2. The number of thioether (sulfide) groups is 1. The van der Waals surface area contributed by atoms with Gasteiger partial charge in [0.2, 0.25) is 0 Å². The Kier molecular flexibility index (Phi) is 6.00. The number of hydrogen-bond donors (Lipinski definition) is 1. The molecule has 0 fully saturated rings. The van der Waals surface area contributed by atoms with Crippen molar-refractivity contribution in [1.29, 1.82) is 0 Å². The predicted octanol–water partition coefficient (Wildman–Crippen LogP) is 5.40. The summed E-state index contributed by atoms with van der Waals surface area (Å²) in [5, 5.41) is 3.77. The molecule has 0 saturated heterocycles. The second-order valence-corrected chi connectivity index (χ2v) is 9.28. The summed E-state index contributed by atoms with van der Waals surface area (Å²) in [7, 11) is 0. The van der Waals surface area contributed by atoms with Gasteiger partial charge in [-0.15, -0.1) is 11.3 Å². The largest absolute Gasteiger partial charge is 0.309 e. The Hall–Kier alpha value is 0.01000. The van der Waals surface area contributed by atoms with E-state index in [0.717, 1.165) is 6.54 Å². The minimum Gasteiger partial charge on any atom is -0.309 e. The first-order chi connectivity index (χ1) is 9.49. The molecule has 1 unspecified atom stereocenters. The summed E-state index contributed by atoms with van der Waals surface area (Å²) in [5.41, 5.74) is 2.04. The molecule has 0 bridgehead atoms. The van der Waals surface area contributed by atoms with Crippen molar-refractivity contribution in [3.05, 3.63) is 21.4 Å². The smallest absolute Gasteiger partial charge is 0.0415 e. The Morgan fingerprint density at radius 2 is 2.15 bits per heavy atom.